The van der Waals surface area contributed by atoms with Crippen LogP contribution in [0.15, 0.2) is 42.5 Å². The topological polar surface area (TPSA) is 55.4 Å². The summed E-state index contributed by atoms with van der Waals surface area (Å²) in [7, 11) is 0. The summed E-state index contributed by atoms with van der Waals surface area (Å²) in [4.78, 5) is 24.6. The van der Waals surface area contributed by atoms with Crippen molar-refractivity contribution in [2.24, 2.45) is 0 Å². The summed E-state index contributed by atoms with van der Waals surface area (Å²) >= 11 is 0. The maximum atomic E-state index is 12.3. The van der Waals surface area contributed by atoms with E-state index in [-0.39, 0.29) is 11.3 Å². The second-order valence-electron chi connectivity index (χ2n) is 7.68. The summed E-state index contributed by atoms with van der Waals surface area (Å²) in [5, 5.41) is 2.82. The molecular weight excluding hydrogens is 326 g/mol. The summed E-state index contributed by atoms with van der Waals surface area (Å²) in [6.45, 7) is 11.8. The standard InChI is InChI=1S/C22H27NO3/c1-14-7-8-15(2)19(13-14)23-20(24)16(3)26-21(25)17-9-11-18(12-10-17)22(4,5)6/h7-13,16H,1-6H3,(H,23,24). The van der Waals surface area contributed by atoms with Gasteiger partial charge in [0.25, 0.3) is 5.91 Å². The molecule has 4 nitrogen and oxygen atoms in total. The molecule has 0 radical (unpaired) electrons. The van der Waals surface area contributed by atoms with Crippen LogP contribution in [0.25, 0.3) is 0 Å². The molecule has 0 aliphatic carbocycles. The SMILES string of the molecule is Cc1ccc(C)c(NC(=O)C(C)OC(=O)c2ccc(C(C)(C)C)cc2)c1. The van der Waals surface area contributed by atoms with E-state index >= 15 is 0 Å². The van der Waals surface area contributed by atoms with Gasteiger partial charge in [-0.3, -0.25) is 4.79 Å². The average Bonchev–Trinajstić information content (AvgIpc) is 2.57. The van der Waals surface area contributed by atoms with E-state index in [9.17, 15) is 9.59 Å². The minimum Gasteiger partial charge on any atom is -0.449 e. The molecule has 26 heavy (non-hydrogen) atoms. The number of amides is 1. The molecule has 4 heteroatoms. The summed E-state index contributed by atoms with van der Waals surface area (Å²) < 4.78 is 5.32. The van der Waals surface area contributed by atoms with E-state index in [1.807, 2.05) is 44.2 Å². The van der Waals surface area contributed by atoms with Gasteiger partial charge in [0.1, 0.15) is 0 Å². The van der Waals surface area contributed by atoms with Crippen molar-refractivity contribution in [2.45, 2.75) is 53.1 Å². The van der Waals surface area contributed by atoms with Crippen LogP contribution in [-0.2, 0) is 14.9 Å². The Morgan fingerprint density at radius 2 is 1.62 bits per heavy atom. The minimum absolute atomic E-state index is 0.0152. The predicted molar refractivity (Wildman–Crippen MR) is 105 cm³/mol. The van der Waals surface area contributed by atoms with E-state index in [0.29, 0.717) is 5.56 Å². The van der Waals surface area contributed by atoms with Crippen molar-refractivity contribution in [2.75, 3.05) is 5.32 Å². The second kappa shape index (κ2) is 7.73. The Labute approximate surface area is 155 Å². The lowest BCUT2D eigenvalue weighted by Gasteiger charge is -2.19. The van der Waals surface area contributed by atoms with E-state index in [2.05, 4.69) is 26.1 Å². The van der Waals surface area contributed by atoms with Gasteiger partial charge < -0.3 is 10.1 Å². The fraction of sp³-hybridized carbons (Fsp3) is 0.364. The summed E-state index contributed by atoms with van der Waals surface area (Å²) in [5.41, 5.74) is 4.32. The van der Waals surface area contributed by atoms with E-state index in [0.717, 1.165) is 22.4 Å². The number of hydrogen-bond donors (Lipinski definition) is 1. The smallest absolute Gasteiger partial charge is 0.338 e. The Kier molecular flexibility index (Phi) is 5.86. The highest BCUT2D eigenvalue weighted by atomic mass is 16.5. The molecule has 0 aliphatic rings. The molecule has 2 aromatic rings. The van der Waals surface area contributed by atoms with Gasteiger partial charge in [0, 0.05) is 5.69 Å². The minimum atomic E-state index is -0.885. The third-order valence-electron chi connectivity index (χ3n) is 4.29. The predicted octanol–water partition coefficient (Wildman–Crippen LogP) is 4.78. The first kappa shape index (κ1) is 19.7. The van der Waals surface area contributed by atoms with Gasteiger partial charge in [0.15, 0.2) is 6.10 Å². The first-order chi connectivity index (χ1) is 12.1. The van der Waals surface area contributed by atoms with Gasteiger partial charge in [-0.15, -0.1) is 0 Å². The number of anilines is 1. The number of carbonyl (C=O) groups excluding carboxylic acids is 2. The van der Waals surface area contributed by atoms with Crippen molar-refractivity contribution in [3.63, 3.8) is 0 Å². The molecule has 2 rings (SSSR count). The number of carbonyl (C=O) groups is 2. The van der Waals surface area contributed by atoms with Gasteiger partial charge in [-0.2, -0.15) is 0 Å². The Bertz CT molecular complexity index is 801. The molecule has 2 aromatic carbocycles. The first-order valence-electron chi connectivity index (χ1n) is 8.77. The lowest BCUT2D eigenvalue weighted by molar-refractivity contribution is -0.123. The molecule has 1 amide bonds. The summed E-state index contributed by atoms with van der Waals surface area (Å²) in [5.74, 6) is -0.854. The van der Waals surface area contributed by atoms with Crippen LogP contribution in [0.3, 0.4) is 0 Å². The summed E-state index contributed by atoms with van der Waals surface area (Å²) in [6.07, 6.45) is -0.885. The monoisotopic (exact) mass is 353 g/mol. The summed E-state index contributed by atoms with van der Waals surface area (Å²) in [6, 6.07) is 13.1. The molecule has 0 saturated carbocycles. The normalized spacial score (nSPS) is 12.4. The van der Waals surface area contributed by atoms with E-state index in [1.165, 1.54) is 0 Å². The van der Waals surface area contributed by atoms with Crippen LogP contribution in [0.5, 0.6) is 0 Å². The molecule has 0 aromatic heterocycles. The number of aryl methyl sites for hydroxylation is 2. The maximum Gasteiger partial charge on any atom is 0.338 e. The van der Waals surface area contributed by atoms with Crippen LogP contribution < -0.4 is 5.32 Å². The fourth-order valence-corrected chi connectivity index (χ4v) is 2.49. The van der Waals surface area contributed by atoms with Gasteiger partial charge in [-0.05, 0) is 61.1 Å². The molecule has 0 heterocycles. The molecular formula is C22H27NO3. The zero-order valence-corrected chi connectivity index (χ0v) is 16.3. The molecule has 138 valence electrons. The number of ether oxygens (including phenoxy) is 1. The highest BCUT2D eigenvalue weighted by Gasteiger charge is 2.20. The number of rotatable bonds is 4. The van der Waals surface area contributed by atoms with Gasteiger partial charge in [-0.1, -0.05) is 45.0 Å². The van der Waals surface area contributed by atoms with Crippen LogP contribution in [0.1, 0.15) is 54.7 Å². The maximum absolute atomic E-state index is 12.3. The highest BCUT2D eigenvalue weighted by Crippen LogP contribution is 2.22. The van der Waals surface area contributed by atoms with Gasteiger partial charge in [-0.25, -0.2) is 4.79 Å². The zero-order valence-electron chi connectivity index (χ0n) is 16.3. The number of hydrogen-bond acceptors (Lipinski definition) is 3. The van der Waals surface area contributed by atoms with Crippen molar-refractivity contribution in [1.29, 1.82) is 0 Å². The Hall–Kier alpha value is -2.62. The molecule has 0 fully saturated rings. The molecule has 0 bridgehead atoms. The van der Waals surface area contributed by atoms with Crippen LogP contribution >= 0.6 is 0 Å². The number of benzene rings is 2. The fourth-order valence-electron chi connectivity index (χ4n) is 2.49. The molecule has 0 aliphatic heterocycles. The van der Waals surface area contributed by atoms with Gasteiger partial charge in [0.2, 0.25) is 0 Å². The van der Waals surface area contributed by atoms with Crippen LogP contribution in [0.4, 0.5) is 5.69 Å². The van der Waals surface area contributed by atoms with Crippen LogP contribution in [0, 0.1) is 13.8 Å². The van der Waals surface area contributed by atoms with Crippen LogP contribution in [0.2, 0.25) is 0 Å². The Morgan fingerprint density at radius 1 is 1.00 bits per heavy atom. The van der Waals surface area contributed by atoms with Crippen molar-refractivity contribution in [3.05, 3.63) is 64.7 Å². The molecule has 0 spiro atoms. The lowest BCUT2D eigenvalue weighted by atomic mass is 9.87. The highest BCUT2D eigenvalue weighted by molar-refractivity contribution is 5.97. The Balaban J connectivity index is 2.02. The largest absolute Gasteiger partial charge is 0.449 e. The Morgan fingerprint density at radius 3 is 2.19 bits per heavy atom. The van der Waals surface area contributed by atoms with E-state index in [1.54, 1.807) is 19.1 Å². The number of nitrogens with one attached hydrogen (secondary N) is 1. The van der Waals surface area contributed by atoms with Crippen LogP contribution in [-0.4, -0.2) is 18.0 Å². The quantitative estimate of drug-likeness (QED) is 0.805. The zero-order chi connectivity index (χ0) is 19.5. The van der Waals surface area contributed by atoms with E-state index < -0.39 is 12.1 Å². The average molecular weight is 353 g/mol. The molecule has 1 atom stereocenters. The van der Waals surface area contributed by atoms with Crippen molar-refractivity contribution < 1.29 is 14.3 Å². The van der Waals surface area contributed by atoms with Crippen molar-refractivity contribution >= 4 is 17.6 Å². The molecule has 0 saturated heterocycles. The van der Waals surface area contributed by atoms with Crippen molar-refractivity contribution in [3.8, 4) is 0 Å². The van der Waals surface area contributed by atoms with E-state index in [4.69, 9.17) is 4.74 Å². The van der Waals surface area contributed by atoms with Gasteiger partial charge in [0.05, 0.1) is 5.56 Å². The lowest BCUT2D eigenvalue weighted by Crippen LogP contribution is -2.30. The third kappa shape index (κ3) is 4.94. The molecule has 1 N–H and O–H groups in total. The molecule has 1 unspecified atom stereocenters. The number of esters is 1. The second-order valence-corrected chi connectivity index (χ2v) is 7.68. The van der Waals surface area contributed by atoms with Gasteiger partial charge >= 0.3 is 5.97 Å². The first-order valence-corrected chi connectivity index (χ1v) is 8.77. The third-order valence-corrected chi connectivity index (χ3v) is 4.29. The van der Waals surface area contributed by atoms with Crippen molar-refractivity contribution in [1.82, 2.24) is 0 Å².